The van der Waals surface area contributed by atoms with Gasteiger partial charge >= 0.3 is 0 Å². The van der Waals surface area contributed by atoms with Gasteiger partial charge in [-0.1, -0.05) is 36.0 Å². The van der Waals surface area contributed by atoms with E-state index in [-0.39, 0.29) is 22.1 Å². The van der Waals surface area contributed by atoms with E-state index in [1.54, 1.807) is 11.9 Å². The highest BCUT2D eigenvalue weighted by Crippen LogP contribution is 2.25. The summed E-state index contributed by atoms with van der Waals surface area (Å²) in [5.74, 6) is -0.197. The smallest absolute Gasteiger partial charge is 0.255 e. The molecule has 1 heterocycles. The highest BCUT2D eigenvalue weighted by atomic mass is 35.5. The van der Waals surface area contributed by atoms with Gasteiger partial charge in [0.2, 0.25) is 0 Å². The highest BCUT2D eigenvalue weighted by molar-refractivity contribution is 6.41. The number of likely N-dealkylation sites (N-methyl/N-ethyl adjacent to an activating group) is 1. The Morgan fingerprint density at radius 2 is 2.11 bits per heavy atom. The number of pyridine rings is 1. The molecule has 1 saturated carbocycles. The number of aliphatic hydroxyl groups is 1. The largest absolute Gasteiger partial charge is 0.391 e. The standard InChI is InChI=1S/C13H16Cl2N2O2/c1-17(10-4-2-3-5-11(10)18)13(19)8-6-9(14)12(15)16-7-8/h6-7,10-11,18H,2-5H2,1H3. The summed E-state index contributed by atoms with van der Waals surface area (Å²) in [6.07, 6.45) is 4.54. The SMILES string of the molecule is CN(C(=O)c1cnc(Cl)c(Cl)c1)C1CCCCC1O. The number of rotatable bonds is 2. The van der Waals surface area contributed by atoms with E-state index < -0.39 is 6.10 Å². The number of hydrogen-bond acceptors (Lipinski definition) is 3. The first-order chi connectivity index (χ1) is 9.00. The van der Waals surface area contributed by atoms with Crippen LogP contribution in [0.2, 0.25) is 10.2 Å². The molecule has 1 aliphatic rings. The van der Waals surface area contributed by atoms with E-state index in [0.717, 1.165) is 25.7 Å². The number of carbonyl (C=O) groups excluding carboxylic acids is 1. The molecule has 2 rings (SSSR count). The molecule has 0 aliphatic heterocycles. The van der Waals surface area contributed by atoms with Gasteiger partial charge in [0, 0.05) is 13.2 Å². The van der Waals surface area contributed by atoms with E-state index in [2.05, 4.69) is 4.98 Å². The second-order valence-corrected chi connectivity index (χ2v) is 5.60. The maximum absolute atomic E-state index is 12.3. The maximum atomic E-state index is 12.3. The van der Waals surface area contributed by atoms with Gasteiger partial charge in [-0.05, 0) is 18.9 Å². The lowest BCUT2D eigenvalue weighted by Gasteiger charge is -2.35. The van der Waals surface area contributed by atoms with Crippen molar-refractivity contribution < 1.29 is 9.90 Å². The molecule has 1 aromatic heterocycles. The van der Waals surface area contributed by atoms with E-state index in [9.17, 15) is 9.90 Å². The number of amides is 1. The average Bonchev–Trinajstić information content (AvgIpc) is 2.41. The van der Waals surface area contributed by atoms with Crippen LogP contribution in [-0.2, 0) is 0 Å². The van der Waals surface area contributed by atoms with Crippen molar-refractivity contribution in [2.24, 2.45) is 0 Å². The number of carbonyl (C=O) groups is 1. The van der Waals surface area contributed by atoms with Crippen molar-refractivity contribution in [3.8, 4) is 0 Å². The fourth-order valence-corrected chi connectivity index (χ4v) is 2.71. The van der Waals surface area contributed by atoms with Crippen LogP contribution in [0.4, 0.5) is 0 Å². The van der Waals surface area contributed by atoms with E-state index in [1.807, 2.05) is 0 Å². The summed E-state index contributed by atoms with van der Waals surface area (Å²) in [6.45, 7) is 0. The van der Waals surface area contributed by atoms with E-state index >= 15 is 0 Å². The third-order valence-corrected chi connectivity index (χ3v) is 4.24. The normalized spacial score (nSPS) is 23.2. The van der Waals surface area contributed by atoms with Crippen LogP contribution in [-0.4, -0.2) is 40.1 Å². The zero-order valence-corrected chi connectivity index (χ0v) is 12.2. The number of halogens is 2. The lowest BCUT2D eigenvalue weighted by atomic mass is 9.91. The minimum absolute atomic E-state index is 0.143. The van der Waals surface area contributed by atoms with E-state index in [4.69, 9.17) is 23.2 Å². The van der Waals surface area contributed by atoms with Gasteiger partial charge < -0.3 is 10.0 Å². The molecule has 4 nitrogen and oxygen atoms in total. The molecular weight excluding hydrogens is 287 g/mol. The highest BCUT2D eigenvalue weighted by Gasteiger charge is 2.30. The first-order valence-electron chi connectivity index (χ1n) is 6.27. The molecule has 0 spiro atoms. The predicted molar refractivity (Wildman–Crippen MR) is 74.6 cm³/mol. The molecule has 0 radical (unpaired) electrons. The van der Waals surface area contributed by atoms with Gasteiger partial charge in [0.15, 0.2) is 0 Å². The molecule has 19 heavy (non-hydrogen) atoms. The predicted octanol–water partition coefficient (Wildman–Crippen LogP) is 2.76. The number of aliphatic hydroxyl groups excluding tert-OH is 1. The Bertz CT molecular complexity index is 482. The minimum Gasteiger partial charge on any atom is -0.391 e. The Hall–Kier alpha value is -0.840. The monoisotopic (exact) mass is 302 g/mol. The molecule has 0 aromatic carbocycles. The van der Waals surface area contributed by atoms with Crippen LogP contribution >= 0.6 is 23.2 Å². The molecule has 6 heteroatoms. The van der Waals surface area contributed by atoms with Crippen LogP contribution in [0.5, 0.6) is 0 Å². The number of aromatic nitrogens is 1. The van der Waals surface area contributed by atoms with Gasteiger partial charge in [0.25, 0.3) is 5.91 Å². The van der Waals surface area contributed by atoms with Crippen molar-refractivity contribution in [1.29, 1.82) is 0 Å². The number of hydrogen-bond donors (Lipinski definition) is 1. The average molecular weight is 303 g/mol. The molecule has 1 fully saturated rings. The fraction of sp³-hybridized carbons (Fsp3) is 0.538. The Morgan fingerprint density at radius 3 is 2.74 bits per heavy atom. The summed E-state index contributed by atoms with van der Waals surface area (Å²) in [6, 6.07) is 1.36. The van der Waals surface area contributed by atoms with Crippen LogP contribution in [0.25, 0.3) is 0 Å². The molecule has 1 aromatic rings. The first-order valence-corrected chi connectivity index (χ1v) is 7.02. The van der Waals surface area contributed by atoms with Crippen LogP contribution < -0.4 is 0 Å². The van der Waals surface area contributed by atoms with Gasteiger partial charge in [-0.15, -0.1) is 0 Å². The zero-order valence-electron chi connectivity index (χ0n) is 10.6. The quantitative estimate of drug-likeness (QED) is 0.855. The molecule has 0 saturated heterocycles. The van der Waals surface area contributed by atoms with Crippen LogP contribution in [0.1, 0.15) is 36.0 Å². The third kappa shape index (κ3) is 3.19. The number of nitrogens with zero attached hydrogens (tertiary/aromatic N) is 2. The minimum atomic E-state index is -0.460. The van der Waals surface area contributed by atoms with Gasteiger partial charge in [-0.2, -0.15) is 0 Å². The third-order valence-electron chi connectivity index (χ3n) is 3.55. The van der Waals surface area contributed by atoms with E-state index in [1.165, 1.54) is 12.3 Å². The molecule has 0 bridgehead atoms. The molecule has 2 unspecified atom stereocenters. The van der Waals surface area contributed by atoms with Crippen molar-refractivity contribution in [2.45, 2.75) is 37.8 Å². The second-order valence-electron chi connectivity index (χ2n) is 4.83. The Kier molecular flexibility index (Phi) is 4.66. The van der Waals surface area contributed by atoms with Crippen LogP contribution in [0.15, 0.2) is 12.3 Å². The summed E-state index contributed by atoms with van der Waals surface area (Å²) < 4.78 is 0. The lowest BCUT2D eigenvalue weighted by Crippen LogP contribution is -2.46. The molecular formula is C13H16Cl2N2O2. The fourth-order valence-electron chi connectivity index (χ4n) is 2.44. The van der Waals surface area contributed by atoms with Crippen molar-refractivity contribution >= 4 is 29.1 Å². The lowest BCUT2D eigenvalue weighted by molar-refractivity contribution is 0.0268. The summed E-state index contributed by atoms with van der Waals surface area (Å²) in [4.78, 5) is 17.8. The van der Waals surface area contributed by atoms with Crippen molar-refractivity contribution in [3.63, 3.8) is 0 Å². The van der Waals surface area contributed by atoms with E-state index in [0.29, 0.717) is 5.56 Å². The summed E-state index contributed by atoms with van der Waals surface area (Å²) in [5, 5.41) is 10.4. The molecule has 104 valence electrons. The first kappa shape index (κ1) is 14.6. The van der Waals surface area contributed by atoms with Crippen molar-refractivity contribution in [3.05, 3.63) is 28.0 Å². The van der Waals surface area contributed by atoms with Gasteiger partial charge in [0.1, 0.15) is 5.15 Å². The Morgan fingerprint density at radius 1 is 1.42 bits per heavy atom. The molecule has 1 amide bonds. The van der Waals surface area contributed by atoms with Gasteiger partial charge in [-0.3, -0.25) is 4.79 Å². The van der Waals surface area contributed by atoms with Crippen molar-refractivity contribution in [2.75, 3.05) is 7.05 Å². The summed E-state index contributed by atoms with van der Waals surface area (Å²) in [7, 11) is 1.70. The molecule has 2 atom stereocenters. The summed E-state index contributed by atoms with van der Waals surface area (Å²) in [5.41, 5.74) is 0.384. The Balaban J connectivity index is 2.15. The maximum Gasteiger partial charge on any atom is 0.255 e. The van der Waals surface area contributed by atoms with Crippen LogP contribution in [0, 0.1) is 0 Å². The molecule has 1 aliphatic carbocycles. The van der Waals surface area contributed by atoms with Gasteiger partial charge in [0.05, 0.1) is 22.7 Å². The molecule has 1 N–H and O–H groups in total. The van der Waals surface area contributed by atoms with Crippen LogP contribution in [0.3, 0.4) is 0 Å². The van der Waals surface area contributed by atoms with Crippen molar-refractivity contribution in [1.82, 2.24) is 9.88 Å². The summed E-state index contributed by atoms with van der Waals surface area (Å²) >= 11 is 11.6. The second kappa shape index (κ2) is 6.07. The topological polar surface area (TPSA) is 53.4 Å². The zero-order chi connectivity index (χ0) is 14.0. The Labute approximate surface area is 122 Å². The van der Waals surface area contributed by atoms with Gasteiger partial charge in [-0.25, -0.2) is 4.98 Å².